The average Bonchev–Trinajstić information content (AvgIpc) is 3.10. The molecule has 1 heterocycles. The number of rotatable bonds is 8. The minimum atomic E-state index is -0.263. The van der Waals surface area contributed by atoms with Gasteiger partial charge in [0.05, 0.1) is 5.75 Å². The molecular formula is C23H27BrN4O2S. The number of nitrogens with one attached hydrogen (secondary N) is 1. The lowest BCUT2D eigenvalue weighted by Crippen LogP contribution is -2.16. The Balaban J connectivity index is 1.60. The monoisotopic (exact) mass is 502 g/mol. The molecule has 0 radical (unpaired) electrons. The van der Waals surface area contributed by atoms with Gasteiger partial charge in [-0.2, -0.15) is 0 Å². The molecule has 164 valence electrons. The number of anilines is 1. The van der Waals surface area contributed by atoms with Crippen molar-refractivity contribution in [2.24, 2.45) is 7.05 Å². The molecule has 3 rings (SSSR count). The van der Waals surface area contributed by atoms with E-state index in [4.69, 9.17) is 4.74 Å². The highest BCUT2D eigenvalue weighted by molar-refractivity contribution is 9.10. The van der Waals surface area contributed by atoms with Gasteiger partial charge in [-0.05, 0) is 68.1 Å². The van der Waals surface area contributed by atoms with Crippen LogP contribution in [0.15, 0.2) is 46.0 Å². The van der Waals surface area contributed by atoms with Crippen LogP contribution in [-0.2, 0) is 18.3 Å². The van der Waals surface area contributed by atoms with E-state index in [1.807, 2.05) is 56.7 Å². The Labute approximate surface area is 195 Å². The molecule has 3 aromatic rings. The maximum Gasteiger partial charge on any atom is 0.234 e. The molecule has 1 N–H and O–H groups in total. The van der Waals surface area contributed by atoms with Crippen molar-refractivity contribution in [3.8, 4) is 5.75 Å². The second-order valence-electron chi connectivity index (χ2n) is 7.41. The van der Waals surface area contributed by atoms with Crippen molar-refractivity contribution in [3.05, 3.63) is 63.4 Å². The zero-order valence-corrected chi connectivity index (χ0v) is 20.8. The number of benzene rings is 2. The molecule has 0 saturated carbocycles. The molecule has 0 bridgehead atoms. The Morgan fingerprint density at radius 2 is 1.84 bits per heavy atom. The molecule has 1 aromatic heterocycles. The van der Waals surface area contributed by atoms with E-state index in [9.17, 15) is 4.79 Å². The Morgan fingerprint density at radius 1 is 1.19 bits per heavy atom. The smallest absolute Gasteiger partial charge is 0.234 e. The lowest BCUT2D eigenvalue weighted by molar-refractivity contribution is -0.113. The highest BCUT2D eigenvalue weighted by Crippen LogP contribution is 2.27. The molecule has 0 fully saturated rings. The van der Waals surface area contributed by atoms with E-state index < -0.39 is 0 Å². The third kappa shape index (κ3) is 5.89. The molecule has 0 saturated heterocycles. The first-order valence-electron chi connectivity index (χ1n) is 10.1. The Hall–Kier alpha value is -2.32. The molecule has 0 aliphatic rings. The fraction of sp³-hybridized carbons (Fsp3) is 0.348. The van der Waals surface area contributed by atoms with Gasteiger partial charge in [0.2, 0.25) is 5.91 Å². The highest BCUT2D eigenvalue weighted by Gasteiger charge is 2.18. The van der Waals surface area contributed by atoms with Crippen molar-refractivity contribution in [2.45, 2.75) is 45.4 Å². The minimum Gasteiger partial charge on any atom is -0.483 e. The average molecular weight is 503 g/mol. The van der Waals surface area contributed by atoms with Gasteiger partial charge in [0.15, 0.2) is 17.1 Å². The summed E-state index contributed by atoms with van der Waals surface area (Å²) in [5.41, 5.74) is 4.15. The number of aromatic nitrogens is 3. The maximum absolute atomic E-state index is 12.5. The number of ether oxygens (including phenoxy) is 1. The van der Waals surface area contributed by atoms with Crippen LogP contribution in [0.5, 0.6) is 5.75 Å². The van der Waals surface area contributed by atoms with Gasteiger partial charge in [0.25, 0.3) is 0 Å². The molecule has 0 spiro atoms. The number of carbonyl (C=O) groups excluding carboxylic acids is 1. The summed E-state index contributed by atoms with van der Waals surface area (Å²) in [6.45, 7) is 8.02. The summed E-state index contributed by atoms with van der Waals surface area (Å²) in [5.74, 6) is 1.67. The molecule has 0 aliphatic heterocycles. The second kappa shape index (κ2) is 10.3. The van der Waals surface area contributed by atoms with E-state index in [1.54, 1.807) is 0 Å². The molecule has 2 aromatic carbocycles. The Bertz CT molecular complexity index is 1040. The zero-order valence-electron chi connectivity index (χ0n) is 18.4. The topological polar surface area (TPSA) is 69.0 Å². The summed E-state index contributed by atoms with van der Waals surface area (Å²) in [5, 5.41) is 12.2. The van der Waals surface area contributed by atoms with Crippen LogP contribution >= 0.6 is 27.7 Å². The summed E-state index contributed by atoms with van der Waals surface area (Å²) in [7, 11) is 1.89. The Kier molecular flexibility index (Phi) is 7.78. The summed E-state index contributed by atoms with van der Waals surface area (Å²) in [6.07, 6.45) is 0.732. The van der Waals surface area contributed by atoms with Gasteiger partial charge in [-0.25, -0.2) is 0 Å². The van der Waals surface area contributed by atoms with Gasteiger partial charge < -0.3 is 14.6 Å². The van der Waals surface area contributed by atoms with Crippen molar-refractivity contribution in [2.75, 3.05) is 11.1 Å². The van der Waals surface area contributed by atoms with Crippen molar-refractivity contribution in [1.29, 1.82) is 0 Å². The normalized spacial score (nSPS) is 11.9. The predicted molar refractivity (Wildman–Crippen MR) is 129 cm³/mol. The van der Waals surface area contributed by atoms with Gasteiger partial charge in [-0.1, -0.05) is 46.7 Å². The summed E-state index contributed by atoms with van der Waals surface area (Å²) >= 11 is 4.83. The number of halogens is 1. The molecule has 0 unspecified atom stereocenters. The first-order chi connectivity index (χ1) is 14.8. The minimum absolute atomic E-state index is 0.0802. The van der Waals surface area contributed by atoms with Crippen molar-refractivity contribution in [1.82, 2.24) is 14.8 Å². The molecule has 0 aliphatic carbocycles. The number of amides is 1. The second-order valence-corrected chi connectivity index (χ2v) is 9.27. The van der Waals surface area contributed by atoms with Crippen molar-refractivity contribution >= 4 is 39.3 Å². The third-order valence-corrected chi connectivity index (χ3v) is 6.45. The number of aryl methyl sites for hydroxylation is 3. The van der Waals surface area contributed by atoms with Crippen molar-refractivity contribution < 1.29 is 9.53 Å². The van der Waals surface area contributed by atoms with Crippen LogP contribution in [0.1, 0.15) is 42.5 Å². The van der Waals surface area contributed by atoms with Crippen LogP contribution in [0.3, 0.4) is 0 Å². The van der Waals surface area contributed by atoms with Crippen LogP contribution in [0, 0.1) is 13.8 Å². The van der Waals surface area contributed by atoms with E-state index in [0.29, 0.717) is 11.0 Å². The van der Waals surface area contributed by atoms with E-state index in [-0.39, 0.29) is 17.8 Å². The van der Waals surface area contributed by atoms with Crippen LogP contribution < -0.4 is 10.1 Å². The SMILES string of the molecule is CCc1ccc(O[C@H](C)c2nnc(SCC(=O)Nc3c(C)cc(Br)cc3C)n2C)cc1. The molecule has 1 atom stereocenters. The van der Waals surface area contributed by atoms with E-state index in [0.717, 1.165) is 33.5 Å². The molecule has 8 heteroatoms. The van der Waals surface area contributed by atoms with E-state index in [2.05, 4.69) is 50.5 Å². The number of carbonyl (C=O) groups is 1. The number of hydrogen-bond donors (Lipinski definition) is 1. The summed E-state index contributed by atoms with van der Waals surface area (Å²) in [6, 6.07) is 12.0. The summed E-state index contributed by atoms with van der Waals surface area (Å²) in [4.78, 5) is 12.5. The number of hydrogen-bond acceptors (Lipinski definition) is 5. The quantitative estimate of drug-likeness (QED) is 0.404. The van der Waals surface area contributed by atoms with Gasteiger partial charge in [-0.3, -0.25) is 4.79 Å². The fourth-order valence-corrected chi connectivity index (χ4v) is 4.68. The van der Waals surface area contributed by atoms with Crippen LogP contribution in [-0.4, -0.2) is 26.4 Å². The largest absolute Gasteiger partial charge is 0.483 e. The van der Waals surface area contributed by atoms with Gasteiger partial charge in [0.1, 0.15) is 5.75 Å². The van der Waals surface area contributed by atoms with Crippen molar-refractivity contribution in [3.63, 3.8) is 0 Å². The summed E-state index contributed by atoms with van der Waals surface area (Å²) < 4.78 is 8.89. The first kappa shape index (κ1) is 23.3. The third-order valence-electron chi connectivity index (χ3n) is 4.97. The van der Waals surface area contributed by atoms with E-state index in [1.165, 1.54) is 17.3 Å². The molecule has 1 amide bonds. The van der Waals surface area contributed by atoms with Gasteiger partial charge in [0, 0.05) is 17.2 Å². The van der Waals surface area contributed by atoms with Crippen LogP contribution in [0.25, 0.3) is 0 Å². The molecular weight excluding hydrogens is 476 g/mol. The Morgan fingerprint density at radius 3 is 2.45 bits per heavy atom. The molecule has 6 nitrogen and oxygen atoms in total. The first-order valence-corrected chi connectivity index (χ1v) is 11.9. The number of thioether (sulfide) groups is 1. The predicted octanol–water partition coefficient (Wildman–Crippen LogP) is 5.63. The fourth-order valence-electron chi connectivity index (χ4n) is 3.28. The zero-order chi connectivity index (χ0) is 22.5. The highest BCUT2D eigenvalue weighted by atomic mass is 79.9. The lowest BCUT2D eigenvalue weighted by Gasteiger charge is -2.14. The molecule has 31 heavy (non-hydrogen) atoms. The van der Waals surface area contributed by atoms with Crippen LogP contribution in [0.2, 0.25) is 0 Å². The van der Waals surface area contributed by atoms with Gasteiger partial charge >= 0.3 is 0 Å². The standard InChI is InChI=1S/C23H27BrN4O2S/c1-6-17-7-9-19(10-8-17)30-16(4)22-26-27-23(28(22)5)31-13-20(29)25-21-14(2)11-18(24)12-15(21)3/h7-12,16H,6,13H2,1-5H3,(H,25,29)/t16-/m1/s1. The van der Waals surface area contributed by atoms with E-state index >= 15 is 0 Å². The van der Waals surface area contributed by atoms with Crippen LogP contribution in [0.4, 0.5) is 5.69 Å². The van der Waals surface area contributed by atoms with Gasteiger partial charge in [-0.15, -0.1) is 10.2 Å². The lowest BCUT2D eigenvalue weighted by atomic mass is 10.1. The maximum atomic E-state index is 12.5. The number of nitrogens with zero attached hydrogens (tertiary/aromatic N) is 3.